The summed E-state index contributed by atoms with van der Waals surface area (Å²) in [4.78, 5) is 24.2. The van der Waals surface area contributed by atoms with Gasteiger partial charge >= 0.3 is 5.97 Å². The van der Waals surface area contributed by atoms with Crippen LogP contribution < -0.4 is 11.1 Å². The number of carbonyl (C=O) groups excluding carboxylic acids is 1. The second-order valence-corrected chi connectivity index (χ2v) is 13.8. The molecule has 38 heavy (non-hydrogen) atoms. The van der Waals surface area contributed by atoms with Crippen molar-refractivity contribution < 1.29 is 30.0 Å². The van der Waals surface area contributed by atoms with Crippen LogP contribution in [0.4, 0.5) is 0 Å². The zero-order valence-electron chi connectivity index (χ0n) is 23.6. The van der Waals surface area contributed by atoms with Crippen LogP contribution in [0.5, 0.6) is 0 Å². The van der Waals surface area contributed by atoms with Gasteiger partial charge in [0, 0.05) is 6.42 Å². The Morgan fingerprint density at radius 3 is 2.42 bits per heavy atom. The van der Waals surface area contributed by atoms with Gasteiger partial charge in [0.15, 0.2) is 0 Å². The Balaban J connectivity index is 1.41. The van der Waals surface area contributed by atoms with E-state index in [2.05, 4.69) is 26.1 Å². The van der Waals surface area contributed by atoms with E-state index in [0.717, 1.165) is 44.9 Å². The number of nitrogens with one attached hydrogen (secondary N) is 1. The van der Waals surface area contributed by atoms with Crippen molar-refractivity contribution in [2.24, 2.45) is 52.1 Å². The van der Waals surface area contributed by atoms with E-state index in [4.69, 9.17) is 5.73 Å². The SMILES string of the molecule is CC(CCC(=O)NC(CCCCN)C(=O)O)[C@H]1CC[C@H]2[C@@H]3[C@H](O)C[C@@H]4C[C@H](O)CC[C@]4(C)[C@H]3C[C@H](O)[C@]12C. The first-order valence-corrected chi connectivity index (χ1v) is 15.2. The summed E-state index contributed by atoms with van der Waals surface area (Å²) < 4.78 is 0. The molecule has 7 N–H and O–H groups in total. The van der Waals surface area contributed by atoms with E-state index in [9.17, 15) is 30.0 Å². The summed E-state index contributed by atoms with van der Waals surface area (Å²) in [5, 5.41) is 45.6. The van der Waals surface area contributed by atoms with Crippen LogP contribution in [0.2, 0.25) is 0 Å². The number of aliphatic carboxylic acids is 1. The van der Waals surface area contributed by atoms with Crippen LogP contribution in [0.1, 0.15) is 97.8 Å². The number of aliphatic hydroxyl groups is 3. The van der Waals surface area contributed by atoms with Crippen molar-refractivity contribution in [3.63, 3.8) is 0 Å². The highest BCUT2D eigenvalue weighted by molar-refractivity contribution is 5.83. The maximum atomic E-state index is 12.7. The lowest BCUT2D eigenvalue weighted by Gasteiger charge is -2.63. The van der Waals surface area contributed by atoms with Crippen molar-refractivity contribution in [2.75, 3.05) is 6.54 Å². The molecule has 0 bridgehead atoms. The molecule has 0 aromatic rings. The van der Waals surface area contributed by atoms with Crippen molar-refractivity contribution in [2.45, 2.75) is 122 Å². The average molecular weight is 537 g/mol. The zero-order valence-corrected chi connectivity index (χ0v) is 23.6. The fourth-order valence-corrected chi connectivity index (χ4v) is 9.71. The number of fused-ring (bicyclic) bond motifs is 5. The summed E-state index contributed by atoms with van der Waals surface area (Å²) in [6.07, 6.45) is 7.50. The highest BCUT2D eigenvalue weighted by atomic mass is 16.4. The minimum absolute atomic E-state index is 0.0536. The predicted molar refractivity (Wildman–Crippen MR) is 145 cm³/mol. The molecule has 4 rings (SSSR count). The fraction of sp³-hybridized carbons (Fsp3) is 0.933. The topological polar surface area (TPSA) is 153 Å². The molecule has 0 heterocycles. The summed E-state index contributed by atoms with van der Waals surface area (Å²) in [5.41, 5.74) is 5.26. The molecule has 0 saturated heterocycles. The van der Waals surface area contributed by atoms with Crippen LogP contribution in [0.3, 0.4) is 0 Å². The van der Waals surface area contributed by atoms with E-state index >= 15 is 0 Å². The highest BCUT2D eigenvalue weighted by Gasteiger charge is 2.65. The number of unbranched alkanes of at least 4 members (excludes halogenated alkanes) is 1. The second-order valence-electron chi connectivity index (χ2n) is 13.8. The van der Waals surface area contributed by atoms with Crippen LogP contribution in [0.15, 0.2) is 0 Å². The number of carboxylic acids is 1. The van der Waals surface area contributed by atoms with Gasteiger partial charge in [-0.25, -0.2) is 4.79 Å². The molecule has 4 fully saturated rings. The molecule has 4 saturated carbocycles. The zero-order chi connectivity index (χ0) is 27.8. The van der Waals surface area contributed by atoms with Gasteiger partial charge in [0.25, 0.3) is 0 Å². The lowest BCUT2D eigenvalue weighted by atomic mass is 9.43. The third-order valence-corrected chi connectivity index (χ3v) is 11.9. The molecule has 0 aromatic heterocycles. The summed E-state index contributed by atoms with van der Waals surface area (Å²) in [6.45, 7) is 7.23. The van der Waals surface area contributed by atoms with Crippen LogP contribution in [0.25, 0.3) is 0 Å². The summed E-state index contributed by atoms with van der Waals surface area (Å²) in [5.74, 6) is 0.202. The van der Waals surface area contributed by atoms with Gasteiger partial charge in [-0.15, -0.1) is 0 Å². The number of aliphatic hydroxyl groups excluding tert-OH is 3. The molecule has 4 aliphatic carbocycles. The van der Waals surface area contributed by atoms with Crippen LogP contribution in [0, 0.1) is 46.3 Å². The first kappa shape index (κ1) is 29.8. The molecule has 0 aliphatic heterocycles. The smallest absolute Gasteiger partial charge is 0.326 e. The summed E-state index contributed by atoms with van der Waals surface area (Å²) >= 11 is 0. The van der Waals surface area contributed by atoms with Gasteiger partial charge in [-0.05, 0) is 124 Å². The maximum Gasteiger partial charge on any atom is 0.326 e. The Bertz CT molecular complexity index is 855. The molecule has 2 unspecified atom stereocenters. The fourth-order valence-electron chi connectivity index (χ4n) is 9.71. The van der Waals surface area contributed by atoms with Crippen molar-refractivity contribution in [3.8, 4) is 0 Å². The Labute approximate surface area is 228 Å². The molecule has 8 heteroatoms. The number of hydrogen-bond donors (Lipinski definition) is 6. The minimum atomic E-state index is -1.01. The number of hydrogen-bond acceptors (Lipinski definition) is 6. The Morgan fingerprint density at radius 2 is 1.74 bits per heavy atom. The molecule has 218 valence electrons. The summed E-state index contributed by atoms with van der Waals surface area (Å²) in [7, 11) is 0. The van der Waals surface area contributed by atoms with Crippen LogP contribution in [-0.4, -0.2) is 63.2 Å². The maximum absolute atomic E-state index is 12.7. The largest absolute Gasteiger partial charge is 0.480 e. The molecule has 8 nitrogen and oxygen atoms in total. The number of amides is 1. The minimum Gasteiger partial charge on any atom is -0.480 e. The summed E-state index contributed by atoms with van der Waals surface area (Å²) in [6, 6.07) is -0.881. The molecule has 0 spiro atoms. The van der Waals surface area contributed by atoms with E-state index in [0.29, 0.717) is 38.1 Å². The second kappa shape index (κ2) is 11.7. The third kappa shape index (κ3) is 5.39. The van der Waals surface area contributed by atoms with E-state index in [1.807, 2.05) is 0 Å². The molecule has 1 amide bonds. The van der Waals surface area contributed by atoms with Gasteiger partial charge in [0.1, 0.15) is 6.04 Å². The van der Waals surface area contributed by atoms with Gasteiger partial charge < -0.3 is 31.5 Å². The van der Waals surface area contributed by atoms with E-state index in [-0.39, 0.29) is 58.9 Å². The number of carboxylic acid groups (broad SMARTS) is 1. The Kier molecular flexibility index (Phi) is 9.17. The number of rotatable bonds is 10. The highest BCUT2D eigenvalue weighted by Crippen LogP contribution is 2.68. The van der Waals surface area contributed by atoms with Crippen molar-refractivity contribution in [3.05, 3.63) is 0 Å². The molecule has 0 radical (unpaired) electrons. The Morgan fingerprint density at radius 1 is 1.00 bits per heavy atom. The van der Waals surface area contributed by atoms with Gasteiger partial charge in [-0.1, -0.05) is 20.8 Å². The van der Waals surface area contributed by atoms with Gasteiger partial charge in [-0.3, -0.25) is 4.79 Å². The van der Waals surface area contributed by atoms with E-state index in [1.165, 1.54) is 0 Å². The number of carbonyl (C=O) groups is 2. The van der Waals surface area contributed by atoms with Crippen LogP contribution in [-0.2, 0) is 9.59 Å². The van der Waals surface area contributed by atoms with Crippen molar-refractivity contribution in [1.29, 1.82) is 0 Å². The van der Waals surface area contributed by atoms with E-state index < -0.39 is 24.2 Å². The van der Waals surface area contributed by atoms with E-state index in [1.54, 1.807) is 0 Å². The van der Waals surface area contributed by atoms with Gasteiger partial charge in [0.05, 0.1) is 18.3 Å². The molecule has 0 aromatic carbocycles. The average Bonchev–Trinajstić information content (AvgIpc) is 3.22. The molecular weight excluding hydrogens is 484 g/mol. The molecular formula is C30H52N2O6. The molecule has 4 aliphatic rings. The predicted octanol–water partition coefficient (Wildman–Crippen LogP) is 3.06. The quantitative estimate of drug-likeness (QED) is 0.235. The standard InChI is InChI=1S/C30H52N2O6/c1-17(7-10-26(36)32-23(28(37)38)6-4-5-13-31)20-8-9-21-27-22(16-25(35)30(20,21)3)29(2)12-11-19(33)14-18(29)15-24(27)34/h17-25,27,33-35H,4-16,31H2,1-3H3,(H,32,36)(H,37,38)/t17?,18-,19+,20+,21-,22-,23?,24+,25-,27-,29-,30+/m0/s1. The first-order valence-electron chi connectivity index (χ1n) is 15.2. The molecule has 12 atom stereocenters. The van der Waals surface area contributed by atoms with Crippen LogP contribution >= 0.6 is 0 Å². The number of nitrogens with two attached hydrogens (primary N) is 1. The Hall–Kier alpha value is -1.22. The first-order chi connectivity index (χ1) is 17.9. The lowest BCUT2D eigenvalue weighted by molar-refractivity contribution is -0.207. The lowest BCUT2D eigenvalue weighted by Crippen LogP contribution is -2.62. The van der Waals surface area contributed by atoms with Crippen molar-refractivity contribution >= 4 is 11.9 Å². The van der Waals surface area contributed by atoms with Gasteiger partial charge in [-0.2, -0.15) is 0 Å². The third-order valence-electron chi connectivity index (χ3n) is 11.9. The normalized spacial score (nSPS) is 43.9. The van der Waals surface area contributed by atoms with Crippen molar-refractivity contribution in [1.82, 2.24) is 5.32 Å². The van der Waals surface area contributed by atoms with Gasteiger partial charge in [0.2, 0.25) is 5.91 Å². The monoisotopic (exact) mass is 536 g/mol.